The second-order valence-electron chi connectivity index (χ2n) is 4.62. The third-order valence-electron chi connectivity index (χ3n) is 3.39. The Balaban J connectivity index is 2.45. The third kappa shape index (κ3) is 2.42. The van der Waals surface area contributed by atoms with Gasteiger partial charge in [0.25, 0.3) is 0 Å². The van der Waals surface area contributed by atoms with E-state index < -0.39 is 0 Å². The van der Waals surface area contributed by atoms with E-state index in [1.165, 1.54) is 16.7 Å². The predicted octanol–water partition coefficient (Wildman–Crippen LogP) is 2.56. The number of aromatic nitrogens is 1. The maximum Gasteiger partial charge on any atom is 0.0727 e. The molecule has 0 aliphatic rings. The molecule has 0 saturated carbocycles. The van der Waals surface area contributed by atoms with Crippen molar-refractivity contribution in [3.05, 3.63) is 64.5 Å². The highest BCUT2D eigenvalue weighted by Crippen LogP contribution is 2.25. The van der Waals surface area contributed by atoms with Gasteiger partial charge in [-0.05, 0) is 49.1 Å². The van der Waals surface area contributed by atoms with E-state index in [1.807, 2.05) is 19.2 Å². The van der Waals surface area contributed by atoms with Crippen LogP contribution in [0, 0.1) is 20.8 Å². The molecule has 3 heteroatoms. The van der Waals surface area contributed by atoms with Crippen molar-refractivity contribution in [2.24, 2.45) is 5.84 Å². The fraction of sp³-hybridized carbons (Fsp3) is 0.267. The molecule has 2 rings (SSSR count). The van der Waals surface area contributed by atoms with Gasteiger partial charge in [-0.3, -0.25) is 10.8 Å². The maximum atomic E-state index is 5.72. The Morgan fingerprint density at radius 2 is 1.89 bits per heavy atom. The first-order valence-corrected chi connectivity index (χ1v) is 6.08. The number of nitrogens with zero attached hydrogens (tertiary/aromatic N) is 1. The molecule has 0 aliphatic heterocycles. The van der Waals surface area contributed by atoms with Crippen LogP contribution in [0.3, 0.4) is 0 Å². The topological polar surface area (TPSA) is 50.9 Å². The summed E-state index contributed by atoms with van der Waals surface area (Å²) in [5.41, 5.74) is 8.71. The number of benzene rings is 1. The number of rotatable bonds is 3. The van der Waals surface area contributed by atoms with Gasteiger partial charge < -0.3 is 0 Å². The zero-order chi connectivity index (χ0) is 13.1. The van der Waals surface area contributed by atoms with Crippen LogP contribution < -0.4 is 11.3 Å². The van der Waals surface area contributed by atoms with Crippen LogP contribution in [0.5, 0.6) is 0 Å². The summed E-state index contributed by atoms with van der Waals surface area (Å²) in [5, 5.41) is 0. The minimum atomic E-state index is -0.0157. The Morgan fingerprint density at radius 3 is 2.50 bits per heavy atom. The summed E-state index contributed by atoms with van der Waals surface area (Å²) in [6.07, 6.45) is 1.88. The first-order valence-electron chi connectivity index (χ1n) is 6.08. The van der Waals surface area contributed by atoms with E-state index in [0.29, 0.717) is 0 Å². The van der Waals surface area contributed by atoms with Gasteiger partial charge in [0, 0.05) is 11.9 Å². The van der Waals surface area contributed by atoms with Crippen molar-refractivity contribution < 1.29 is 0 Å². The SMILES string of the molecule is Cc1ccc(C(NN)c2cccc(C)c2C)cn1. The highest BCUT2D eigenvalue weighted by atomic mass is 15.2. The molecule has 0 fully saturated rings. The smallest absolute Gasteiger partial charge is 0.0727 e. The molecular formula is C15H19N3. The van der Waals surface area contributed by atoms with E-state index in [4.69, 9.17) is 5.84 Å². The fourth-order valence-corrected chi connectivity index (χ4v) is 2.10. The lowest BCUT2D eigenvalue weighted by molar-refractivity contribution is 0.630. The summed E-state index contributed by atoms with van der Waals surface area (Å²) in [7, 11) is 0. The molecule has 18 heavy (non-hydrogen) atoms. The summed E-state index contributed by atoms with van der Waals surface area (Å²) in [4.78, 5) is 4.33. The zero-order valence-corrected chi connectivity index (χ0v) is 11.1. The summed E-state index contributed by atoms with van der Waals surface area (Å²) in [6.45, 7) is 6.21. The number of aryl methyl sites for hydroxylation is 2. The lowest BCUT2D eigenvalue weighted by Gasteiger charge is -2.20. The zero-order valence-electron chi connectivity index (χ0n) is 11.1. The van der Waals surface area contributed by atoms with Gasteiger partial charge in [-0.25, -0.2) is 5.43 Å². The number of hydrogen-bond acceptors (Lipinski definition) is 3. The Labute approximate surface area is 108 Å². The van der Waals surface area contributed by atoms with Crippen LogP contribution in [0.1, 0.15) is 34.0 Å². The molecule has 1 aromatic heterocycles. The summed E-state index contributed by atoms with van der Waals surface area (Å²) in [6, 6.07) is 10.3. The molecule has 0 bridgehead atoms. The first kappa shape index (κ1) is 12.7. The van der Waals surface area contributed by atoms with Crippen molar-refractivity contribution in [1.29, 1.82) is 0 Å². The minimum Gasteiger partial charge on any atom is -0.271 e. The van der Waals surface area contributed by atoms with E-state index >= 15 is 0 Å². The average Bonchev–Trinajstić information content (AvgIpc) is 2.37. The molecule has 3 nitrogen and oxygen atoms in total. The lowest BCUT2D eigenvalue weighted by Crippen LogP contribution is -2.29. The number of nitrogens with one attached hydrogen (secondary N) is 1. The van der Waals surface area contributed by atoms with Crippen LogP contribution in [0.25, 0.3) is 0 Å². The Morgan fingerprint density at radius 1 is 1.11 bits per heavy atom. The monoisotopic (exact) mass is 241 g/mol. The maximum absolute atomic E-state index is 5.72. The van der Waals surface area contributed by atoms with E-state index in [9.17, 15) is 0 Å². The molecule has 0 spiro atoms. The van der Waals surface area contributed by atoms with Crippen molar-refractivity contribution in [2.75, 3.05) is 0 Å². The van der Waals surface area contributed by atoms with Crippen LogP contribution in [-0.4, -0.2) is 4.98 Å². The number of hydrogen-bond donors (Lipinski definition) is 2. The molecule has 0 saturated heterocycles. The molecule has 94 valence electrons. The van der Waals surface area contributed by atoms with Crippen LogP contribution in [0.15, 0.2) is 36.5 Å². The van der Waals surface area contributed by atoms with Gasteiger partial charge >= 0.3 is 0 Å². The quantitative estimate of drug-likeness (QED) is 0.641. The van der Waals surface area contributed by atoms with Gasteiger partial charge in [0.05, 0.1) is 6.04 Å². The standard InChI is InChI=1S/C15H19N3/c1-10-5-4-6-14(12(10)3)15(18-16)13-8-7-11(2)17-9-13/h4-9,15,18H,16H2,1-3H3. The van der Waals surface area contributed by atoms with Crippen molar-refractivity contribution in [1.82, 2.24) is 10.4 Å². The summed E-state index contributed by atoms with van der Waals surface area (Å²) >= 11 is 0. The second kappa shape index (κ2) is 5.29. The molecular weight excluding hydrogens is 222 g/mol. The molecule has 1 atom stereocenters. The van der Waals surface area contributed by atoms with Crippen LogP contribution >= 0.6 is 0 Å². The van der Waals surface area contributed by atoms with Crippen molar-refractivity contribution >= 4 is 0 Å². The highest BCUT2D eigenvalue weighted by molar-refractivity contribution is 5.40. The number of pyridine rings is 1. The Kier molecular flexibility index (Phi) is 3.75. The first-order chi connectivity index (χ1) is 8.63. The van der Waals surface area contributed by atoms with Gasteiger partial charge in [-0.1, -0.05) is 24.3 Å². The van der Waals surface area contributed by atoms with Crippen molar-refractivity contribution in [2.45, 2.75) is 26.8 Å². The number of hydrazine groups is 1. The van der Waals surface area contributed by atoms with Crippen LogP contribution in [0.4, 0.5) is 0 Å². The van der Waals surface area contributed by atoms with Gasteiger partial charge in [0.2, 0.25) is 0 Å². The fourth-order valence-electron chi connectivity index (χ4n) is 2.10. The Bertz CT molecular complexity index is 532. The molecule has 3 N–H and O–H groups in total. The highest BCUT2D eigenvalue weighted by Gasteiger charge is 2.15. The lowest BCUT2D eigenvalue weighted by atomic mass is 9.94. The molecule has 0 aliphatic carbocycles. The summed E-state index contributed by atoms with van der Waals surface area (Å²) < 4.78 is 0. The van der Waals surface area contributed by atoms with Gasteiger partial charge in [-0.2, -0.15) is 0 Å². The second-order valence-corrected chi connectivity index (χ2v) is 4.62. The van der Waals surface area contributed by atoms with Crippen LogP contribution in [-0.2, 0) is 0 Å². The van der Waals surface area contributed by atoms with Crippen LogP contribution in [0.2, 0.25) is 0 Å². The van der Waals surface area contributed by atoms with Gasteiger partial charge in [0.1, 0.15) is 0 Å². The normalized spacial score (nSPS) is 12.4. The van der Waals surface area contributed by atoms with Crippen molar-refractivity contribution in [3.8, 4) is 0 Å². The molecule has 1 aromatic carbocycles. The predicted molar refractivity (Wildman–Crippen MR) is 74.1 cm³/mol. The molecule has 1 unspecified atom stereocenters. The van der Waals surface area contributed by atoms with Crippen molar-refractivity contribution in [3.63, 3.8) is 0 Å². The largest absolute Gasteiger partial charge is 0.271 e. The molecule has 2 aromatic rings. The minimum absolute atomic E-state index is 0.0157. The van der Waals surface area contributed by atoms with E-state index in [-0.39, 0.29) is 6.04 Å². The van der Waals surface area contributed by atoms with E-state index in [0.717, 1.165) is 11.3 Å². The third-order valence-corrected chi connectivity index (χ3v) is 3.39. The molecule has 0 amide bonds. The molecule has 0 radical (unpaired) electrons. The van der Waals surface area contributed by atoms with E-state index in [1.54, 1.807) is 0 Å². The van der Waals surface area contributed by atoms with Gasteiger partial charge in [-0.15, -0.1) is 0 Å². The Hall–Kier alpha value is -1.71. The average molecular weight is 241 g/mol. The van der Waals surface area contributed by atoms with E-state index in [2.05, 4.69) is 48.5 Å². The molecule has 1 heterocycles. The summed E-state index contributed by atoms with van der Waals surface area (Å²) in [5.74, 6) is 5.72. The number of nitrogens with two attached hydrogens (primary N) is 1. The van der Waals surface area contributed by atoms with Gasteiger partial charge in [0.15, 0.2) is 0 Å².